The zero-order valence-electron chi connectivity index (χ0n) is 11.9. The van der Waals surface area contributed by atoms with Gasteiger partial charge in [-0.1, -0.05) is 6.92 Å². The van der Waals surface area contributed by atoms with Crippen molar-refractivity contribution < 1.29 is 9.53 Å². The first-order valence-electron chi connectivity index (χ1n) is 7.29. The van der Waals surface area contributed by atoms with E-state index in [1.807, 2.05) is 6.92 Å². The lowest BCUT2D eigenvalue weighted by Crippen LogP contribution is -2.71. The Morgan fingerprint density at radius 2 is 2.11 bits per heavy atom. The van der Waals surface area contributed by atoms with Crippen LogP contribution in [0.5, 0.6) is 0 Å². The fourth-order valence-corrected chi connectivity index (χ4v) is 3.32. The smallest absolute Gasteiger partial charge is 0.327 e. The van der Waals surface area contributed by atoms with Crippen molar-refractivity contribution in [2.75, 3.05) is 26.2 Å². The minimum Gasteiger partial charge on any atom is -0.465 e. The van der Waals surface area contributed by atoms with Crippen LogP contribution in [0.25, 0.3) is 0 Å². The normalized spacial score (nSPS) is 36.4. The molecule has 3 heterocycles. The highest BCUT2D eigenvalue weighted by atomic mass is 16.5. The summed E-state index contributed by atoms with van der Waals surface area (Å²) in [6, 6.07) is 0.356. The third-order valence-electron chi connectivity index (χ3n) is 4.51. The van der Waals surface area contributed by atoms with Crippen molar-refractivity contribution >= 4 is 5.97 Å². The SMILES string of the molecule is CCOC(=O)C1(NC(C)CC)CN2CCC1CC2. The lowest BCUT2D eigenvalue weighted by atomic mass is 9.72. The summed E-state index contributed by atoms with van der Waals surface area (Å²) in [5, 5.41) is 3.58. The van der Waals surface area contributed by atoms with E-state index in [0.717, 1.165) is 38.9 Å². The maximum Gasteiger partial charge on any atom is 0.327 e. The molecule has 0 aliphatic carbocycles. The zero-order chi connectivity index (χ0) is 13.2. The Morgan fingerprint density at radius 1 is 1.44 bits per heavy atom. The number of rotatable bonds is 5. The van der Waals surface area contributed by atoms with Gasteiger partial charge in [-0.15, -0.1) is 0 Å². The third-order valence-corrected chi connectivity index (χ3v) is 4.51. The van der Waals surface area contributed by atoms with E-state index in [1.54, 1.807) is 0 Å². The highest BCUT2D eigenvalue weighted by Crippen LogP contribution is 2.37. The van der Waals surface area contributed by atoms with E-state index in [4.69, 9.17) is 4.74 Å². The van der Waals surface area contributed by atoms with Crippen LogP contribution < -0.4 is 5.32 Å². The molecule has 104 valence electrons. The van der Waals surface area contributed by atoms with Crippen molar-refractivity contribution in [2.45, 2.75) is 51.6 Å². The van der Waals surface area contributed by atoms with E-state index in [0.29, 0.717) is 18.6 Å². The van der Waals surface area contributed by atoms with Crippen LogP contribution in [0.15, 0.2) is 0 Å². The number of hydrogen-bond acceptors (Lipinski definition) is 4. The Labute approximate surface area is 110 Å². The first kappa shape index (κ1) is 13.8. The molecule has 0 spiro atoms. The van der Waals surface area contributed by atoms with Gasteiger partial charge >= 0.3 is 5.97 Å². The molecule has 3 rings (SSSR count). The van der Waals surface area contributed by atoms with Crippen molar-refractivity contribution in [1.29, 1.82) is 0 Å². The molecular formula is C14H26N2O2. The van der Waals surface area contributed by atoms with Crippen molar-refractivity contribution in [2.24, 2.45) is 5.92 Å². The molecule has 4 nitrogen and oxygen atoms in total. The highest BCUT2D eigenvalue weighted by Gasteiger charge is 2.53. The Bertz CT molecular complexity index is 300. The number of piperidine rings is 3. The molecule has 3 aliphatic heterocycles. The Morgan fingerprint density at radius 3 is 2.56 bits per heavy atom. The maximum absolute atomic E-state index is 12.4. The number of ether oxygens (including phenoxy) is 1. The monoisotopic (exact) mass is 254 g/mol. The first-order chi connectivity index (χ1) is 8.62. The van der Waals surface area contributed by atoms with Crippen LogP contribution in [0, 0.1) is 5.92 Å². The van der Waals surface area contributed by atoms with Gasteiger partial charge < -0.3 is 9.64 Å². The van der Waals surface area contributed by atoms with Gasteiger partial charge in [-0.05, 0) is 52.1 Å². The molecule has 0 radical (unpaired) electrons. The average Bonchev–Trinajstić information content (AvgIpc) is 2.40. The number of carbonyl (C=O) groups excluding carboxylic acids is 1. The molecule has 2 bridgehead atoms. The van der Waals surface area contributed by atoms with Gasteiger partial charge in [-0.2, -0.15) is 0 Å². The molecule has 4 heteroatoms. The maximum atomic E-state index is 12.4. The molecule has 0 amide bonds. The van der Waals surface area contributed by atoms with Crippen LogP contribution in [0.2, 0.25) is 0 Å². The summed E-state index contributed by atoms with van der Waals surface area (Å²) in [5.41, 5.74) is -0.456. The van der Waals surface area contributed by atoms with E-state index in [9.17, 15) is 4.79 Å². The molecule has 3 saturated heterocycles. The molecule has 3 aliphatic rings. The molecule has 2 unspecified atom stereocenters. The Kier molecular flexibility index (Phi) is 4.28. The molecule has 2 atom stereocenters. The van der Waals surface area contributed by atoms with Crippen LogP contribution >= 0.6 is 0 Å². The predicted molar refractivity (Wildman–Crippen MR) is 71.4 cm³/mol. The Balaban J connectivity index is 2.19. The second-order valence-corrected chi connectivity index (χ2v) is 5.70. The van der Waals surface area contributed by atoms with Gasteiger partial charge in [0.1, 0.15) is 5.54 Å². The summed E-state index contributed by atoms with van der Waals surface area (Å²) in [6.07, 6.45) is 3.26. The first-order valence-corrected chi connectivity index (χ1v) is 7.29. The fraction of sp³-hybridized carbons (Fsp3) is 0.929. The molecular weight excluding hydrogens is 228 g/mol. The summed E-state index contributed by atoms with van der Waals surface area (Å²) < 4.78 is 5.35. The summed E-state index contributed by atoms with van der Waals surface area (Å²) >= 11 is 0. The standard InChI is InChI=1S/C14H26N2O2/c1-4-11(3)15-14(13(17)18-5-2)10-16-8-6-12(14)7-9-16/h11-12,15H,4-10H2,1-3H3. The number of carbonyl (C=O) groups is 1. The van der Waals surface area contributed by atoms with E-state index in [-0.39, 0.29) is 5.97 Å². The van der Waals surface area contributed by atoms with Gasteiger partial charge in [0, 0.05) is 12.6 Å². The lowest BCUT2D eigenvalue weighted by Gasteiger charge is -2.52. The van der Waals surface area contributed by atoms with Gasteiger partial charge in [0.05, 0.1) is 6.61 Å². The van der Waals surface area contributed by atoms with Crippen LogP contribution in [-0.4, -0.2) is 48.7 Å². The molecule has 18 heavy (non-hydrogen) atoms. The molecule has 3 fully saturated rings. The largest absolute Gasteiger partial charge is 0.465 e. The number of nitrogens with one attached hydrogen (secondary N) is 1. The van der Waals surface area contributed by atoms with Gasteiger partial charge in [0.2, 0.25) is 0 Å². The number of nitrogens with zero attached hydrogens (tertiary/aromatic N) is 1. The molecule has 0 aromatic rings. The number of esters is 1. The highest BCUT2D eigenvalue weighted by molar-refractivity contribution is 5.82. The summed E-state index contributed by atoms with van der Waals surface area (Å²) in [6.45, 7) is 9.74. The van der Waals surface area contributed by atoms with Crippen LogP contribution in [-0.2, 0) is 9.53 Å². The molecule has 0 saturated carbocycles. The minimum atomic E-state index is -0.456. The lowest BCUT2D eigenvalue weighted by molar-refractivity contribution is -0.161. The van der Waals surface area contributed by atoms with E-state index >= 15 is 0 Å². The number of hydrogen-bond donors (Lipinski definition) is 1. The van der Waals surface area contributed by atoms with Gasteiger partial charge in [-0.25, -0.2) is 4.79 Å². The van der Waals surface area contributed by atoms with Gasteiger partial charge in [0.15, 0.2) is 0 Å². The summed E-state index contributed by atoms with van der Waals surface area (Å²) in [5.74, 6) is 0.398. The topological polar surface area (TPSA) is 41.6 Å². The quantitative estimate of drug-likeness (QED) is 0.753. The molecule has 0 aromatic carbocycles. The van der Waals surface area contributed by atoms with E-state index in [2.05, 4.69) is 24.1 Å². The van der Waals surface area contributed by atoms with Crippen molar-refractivity contribution in [3.05, 3.63) is 0 Å². The fourth-order valence-electron chi connectivity index (χ4n) is 3.32. The van der Waals surface area contributed by atoms with Crippen molar-refractivity contribution in [1.82, 2.24) is 10.2 Å². The predicted octanol–water partition coefficient (Wildman–Crippen LogP) is 1.40. The molecule has 1 N–H and O–H groups in total. The van der Waals surface area contributed by atoms with E-state index in [1.165, 1.54) is 0 Å². The van der Waals surface area contributed by atoms with Gasteiger partial charge in [-0.3, -0.25) is 5.32 Å². The van der Waals surface area contributed by atoms with Crippen molar-refractivity contribution in [3.63, 3.8) is 0 Å². The minimum absolute atomic E-state index is 0.0419. The van der Waals surface area contributed by atoms with Crippen LogP contribution in [0.3, 0.4) is 0 Å². The van der Waals surface area contributed by atoms with Crippen molar-refractivity contribution in [3.8, 4) is 0 Å². The Hall–Kier alpha value is -0.610. The molecule has 0 aromatic heterocycles. The zero-order valence-corrected chi connectivity index (χ0v) is 11.9. The second-order valence-electron chi connectivity index (χ2n) is 5.70. The summed E-state index contributed by atoms with van der Waals surface area (Å²) in [4.78, 5) is 14.8. The van der Waals surface area contributed by atoms with Gasteiger partial charge in [0.25, 0.3) is 0 Å². The third kappa shape index (κ3) is 2.41. The average molecular weight is 254 g/mol. The summed E-state index contributed by atoms with van der Waals surface area (Å²) in [7, 11) is 0. The number of fused-ring (bicyclic) bond motifs is 3. The second kappa shape index (κ2) is 5.57. The van der Waals surface area contributed by atoms with E-state index < -0.39 is 5.54 Å². The van der Waals surface area contributed by atoms with Crippen LogP contribution in [0.1, 0.15) is 40.0 Å². The van der Waals surface area contributed by atoms with Crippen LogP contribution in [0.4, 0.5) is 0 Å².